The zero-order valence-electron chi connectivity index (χ0n) is 10.4. The van der Waals surface area contributed by atoms with Gasteiger partial charge in [-0.2, -0.15) is 0 Å². The lowest BCUT2D eigenvalue weighted by molar-refractivity contribution is 1.14. The van der Waals surface area contributed by atoms with Crippen LogP contribution in [0.25, 0.3) is 22.2 Å². The fourth-order valence-electron chi connectivity index (χ4n) is 2.15. The second-order valence-electron chi connectivity index (χ2n) is 4.44. The molecular formula is C17H15N. The minimum atomic E-state index is 1.04. The molecule has 0 unspecified atom stereocenters. The quantitative estimate of drug-likeness (QED) is 0.636. The van der Waals surface area contributed by atoms with Crippen molar-refractivity contribution in [1.29, 1.82) is 0 Å². The molecule has 0 aliphatic heterocycles. The molecule has 1 nitrogen and oxygen atoms in total. The largest absolute Gasteiger partial charge is 0.248 e. The Kier molecular flexibility index (Phi) is 2.81. The van der Waals surface area contributed by atoms with Crippen molar-refractivity contribution in [2.75, 3.05) is 0 Å². The van der Waals surface area contributed by atoms with Gasteiger partial charge >= 0.3 is 0 Å². The summed E-state index contributed by atoms with van der Waals surface area (Å²) < 4.78 is 0. The maximum absolute atomic E-state index is 4.75. The van der Waals surface area contributed by atoms with Crippen LogP contribution >= 0.6 is 0 Å². The first-order chi connectivity index (χ1) is 8.86. The van der Waals surface area contributed by atoms with Crippen LogP contribution in [-0.2, 0) is 6.42 Å². The zero-order valence-corrected chi connectivity index (χ0v) is 10.4. The molecule has 0 spiro atoms. The lowest BCUT2D eigenvalue weighted by Crippen LogP contribution is -1.87. The van der Waals surface area contributed by atoms with Crippen LogP contribution < -0.4 is 0 Å². The van der Waals surface area contributed by atoms with Gasteiger partial charge < -0.3 is 0 Å². The van der Waals surface area contributed by atoms with E-state index in [1.807, 2.05) is 18.2 Å². The van der Waals surface area contributed by atoms with Crippen molar-refractivity contribution in [2.45, 2.75) is 13.3 Å². The van der Waals surface area contributed by atoms with Gasteiger partial charge in [0.1, 0.15) is 0 Å². The summed E-state index contributed by atoms with van der Waals surface area (Å²) in [6.45, 7) is 2.17. The molecule has 0 amide bonds. The third kappa shape index (κ3) is 2.00. The third-order valence-corrected chi connectivity index (χ3v) is 3.23. The van der Waals surface area contributed by atoms with Gasteiger partial charge in [0.05, 0.1) is 11.2 Å². The lowest BCUT2D eigenvalue weighted by Gasteiger charge is -2.04. The molecule has 3 aromatic rings. The molecule has 0 fully saturated rings. The van der Waals surface area contributed by atoms with E-state index in [0.717, 1.165) is 17.6 Å². The van der Waals surface area contributed by atoms with Crippen molar-refractivity contribution < 1.29 is 0 Å². The van der Waals surface area contributed by atoms with E-state index in [4.69, 9.17) is 4.98 Å². The Morgan fingerprint density at radius 2 is 1.67 bits per heavy atom. The van der Waals surface area contributed by atoms with Crippen molar-refractivity contribution in [3.05, 3.63) is 66.2 Å². The minimum absolute atomic E-state index is 1.04. The Labute approximate surface area is 107 Å². The van der Waals surface area contributed by atoms with Crippen molar-refractivity contribution in [2.24, 2.45) is 0 Å². The summed E-state index contributed by atoms with van der Waals surface area (Å²) in [5, 5.41) is 1.20. The highest BCUT2D eigenvalue weighted by atomic mass is 14.7. The third-order valence-electron chi connectivity index (χ3n) is 3.23. The van der Waals surface area contributed by atoms with E-state index in [1.54, 1.807) is 0 Å². The SMILES string of the molecule is CCc1ccc2ccc(-c3ccccc3)nc2c1. The molecule has 0 saturated carbocycles. The normalized spacial score (nSPS) is 10.7. The maximum atomic E-state index is 4.75. The van der Waals surface area contributed by atoms with Gasteiger partial charge in [-0.05, 0) is 24.1 Å². The van der Waals surface area contributed by atoms with Crippen LogP contribution in [0.1, 0.15) is 12.5 Å². The van der Waals surface area contributed by atoms with Crippen LogP contribution in [-0.4, -0.2) is 4.98 Å². The average Bonchev–Trinajstić information content (AvgIpc) is 2.47. The first-order valence-electron chi connectivity index (χ1n) is 6.32. The summed E-state index contributed by atoms with van der Waals surface area (Å²) >= 11 is 0. The highest BCUT2D eigenvalue weighted by Crippen LogP contribution is 2.21. The molecule has 0 radical (unpaired) electrons. The van der Waals surface area contributed by atoms with Gasteiger partial charge in [-0.1, -0.05) is 55.5 Å². The second kappa shape index (κ2) is 4.61. The molecule has 0 bridgehead atoms. The fourth-order valence-corrected chi connectivity index (χ4v) is 2.15. The standard InChI is InChI=1S/C17H15N/c1-2-13-8-9-15-10-11-16(18-17(15)12-13)14-6-4-3-5-7-14/h3-12H,2H2,1H3. The van der Waals surface area contributed by atoms with Gasteiger partial charge in [-0.15, -0.1) is 0 Å². The summed E-state index contributed by atoms with van der Waals surface area (Å²) in [5.41, 5.74) is 4.62. The summed E-state index contributed by atoms with van der Waals surface area (Å²) in [4.78, 5) is 4.75. The smallest absolute Gasteiger partial charge is 0.0712 e. The van der Waals surface area contributed by atoms with Crippen LogP contribution in [0.3, 0.4) is 0 Å². The summed E-state index contributed by atoms with van der Waals surface area (Å²) in [5.74, 6) is 0. The predicted molar refractivity (Wildman–Crippen MR) is 76.6 cm³/mol. The highest BCUT2D eigenvalue weighted by molar-refractivity contribution is 5.82. The molecule has 2 aromatic carbocycles. The topological polar surface area (TPSA) is 12.9 Å². The molecule has 0 aliphatic carbocycles. The van der Waals surface area contributed by atoms with Crippen LogP contribution in [0.2, 0.25) is 0 Å². The van der Waals surface area contributed by atoms with Gasteiger partial charge in [-0.3, -0.25) is 0 Å². The Bertz CT molecular complexity index is 672. The molecule has 0 saturated heterocycles. The average molecular weight is 233 g/mol. The van der Waals surface area contributed by atoms with Gasteiger partial charge in [0.15, 0.2) is 0 Å². The first kappa shape index (κ1) is 11.0. The number of fused-ring (bicyclic) bond motifs is 1. The monoisotopic (exact) mass is 233 g/mol. The van der Waals surface area contributed by atoms with E-state index < -0.39 is 0 Å². The Hall–Kier alpha value is -2.15. The van der Waals surface area contributed by atoms with Crippen molar-refractivity contribution in [3.63, 3.8) is 0 Å². The van der Waals surface area contributed by atoms with Gasteiger partial charge in [0.25, 0.3) is 0 Å². The van der Waals surface area contributed by atoms with Gasteiger partial charge in [0, 0.05) is 10.9 Å². The molecular weight excluding hydrogens is 218 g/mol. The molecule has 0 N–H and O–H groups in total. The van der Waals surface area contributed by atoms with E-state index in [1.165, 1.54) is 16.5 Å². The van der Waals surface area contributed by atoms with Crippen LogP contribution in [0, 0.1) is 0 Å². The molecule has 0 atom stereocenters. The Balaban J connectivity index is 2.15. The number of benzene rings is 2. The maximum Gasteiger partial charge on any atom is 0.0712 e. The summed E-state index contributed by atoms with van der Waals surface area (Å²) in [6, 6.07) is 21.0. The second-order valence-corrected chi connectivity index (χ2v) is 4.44. The Morgan fingerprint density at radius 3 is 2.44 bits per heavy atom. The minimum Gasteiger partial charge on any atom is -0.248 e. The number of nitrogens with zero attached hydrogens (tertiary/aromatic N) is 1. The number of aromatic nitrogens is 1. The van der Waals surface area contributed by atoms with Gasteiger partial charge in [-0.25, -0.2) is 4.98 Å². The lowest BCUT2D eigenvalue weighted by atomic mass is 10.1. The first-order valence-corrected chi connectivity index (χ1v) is 6.32. The summed E-state index contributed by atoms with van der Waals surface area (Å²) in [7, 11) is 0. The van der Waals surface area contributed by atoms with E-state index in [9.17, 15) is 0 Å². The molecule has 1 aromatic heterocycles. The number of pyridine rings is 1. The predicted octanol–water partition coefficient (Wildman–Crippen LogP) is 4.46. The molecule has 1 heteroatoms. The van der Waals surface area contributed by atoms with Crippen molar-refractivity contribution in [3.8, 4) is 11.3 Å². The van der Waals surface area contributed by atoms with Crippen molar-refractivity contribution in [1.82, 2.24) is 4.98 Å². The van der Waals surface area contributed by atoms with Crippen LogP contribution in [0.5, 0.6) is 0 Å². The van der Waals surface area contributed by atoms with E-state index >= 15 is 0 Å². The van der Waals surface area contributed by atoms with Crippen LogP contribution in [0.4, 0.5) is 0 Å². The molecule has 3 rings (SSSR count). The van der Waals surface area contributed by atoms with Crippen LogP contribution in [0.15, 0.2) is 60.7 Å². The number of hydrogen-bond acceptors (Lipinski definition) is 1. The number of hydrogen-bond donors (Lipinski definition) is 0. The zero-order chi connectivity index (χ0) is 12.4. The number of aryl methyl sites for hydroxylation is 1. The van der Waals surface area contributed by atoms with Crippen molar-refractivity contribution >= 4 is 10.9 Å². The fraction of sp³-hybridized carbons (Fsp3) is 0.118. The van der Waals surface area contributed by atoms with E-state index in [-0.39, 0.29) is 0 Å². The van der Waals surface area contributed by atoms with Gasteiger partial charge in [0.2, 0.25) is 0 Å². The van der Waals surface area contributed by atoms with E-state index in [2.05, 4.69) is 49.4 Å². The summed E-state index contributed by atoms with van der Waals surface area (Å²) in [6.07, 6.45) is 1.05. The van der Waals surface area contributed by atoms with E-state index in [0.29, 0.717) is 0 Å². The number of rotatable bonds is 2. The molecule has 88 valence electrons. The molecule has 0 aliphatic rings. The molecule has 18 heavy (non-hydrogen) atoms. The Morgan fingerprint density at radius 1 is 0.889 bits per heavy atom. The molecule has 1 heterocycles. The highest BCUT2D eigenvalue weighted by Gasteiger charge is 2.01.